The average Bonchev–Trinajstić information content (AvgIpc) is 2.28. The Morgan fingerprint density at radius 2 is 2.12 bits per heavy atom. The molecule has 1 rings (SSSR count). The minimum absolute atomic E-state index is 0.161. The summed E-state index contributed by atoms with van der Waals surface area (Å²) in [6.45, 7) is 3.44. The quantitative estimate of drug-likeness (QED) is 0.524. The van der Waals surface area contributed by atoms with E-state index >= 15 is 0 Å². The van der Waals surface area contributed by atoms with Crippen molar-refractivity contribution in [2.45, 2.75) is 12.5 Å². The van der Waals surface area contributed by atoms with Gasteiger partial charge >= 0.3 is 5.97 Å². The van der Waals surface area contributed by atoms with Crippen LogP contribution in [0.2, 0.25) is 0 Å². The summed E-state index contributed by atoms with van der Waals surface area (Å²) < 4.78 is 0. The molecule has 17 heavy (non-hydrogen) atoms. The summed E-state index contributed by atoms with van der Waals surface area (Å²) in [5, 5.41) is 11.3. The smallest absolute Gasteiger partial charge is 0.326 e. The van der Waals surface area contributed by atoms with Crippen molar-refractivity contribution >= 4 is 17.6 Å². The first-order chi connectivity index (χ1) is 8.06. The van der Waals surface area contributed by atoms with E-state index in [1.54, 1.807) is 18.2 Å². The number of nitrogens with one attached hydrogen (secondary N) is 1. The van der Waals surface area contributed by atoms with Crippen LogP contribution in [-0.4, -0.2) is 23.0 Å². The highest BCUT2D eigenvalue weighted by molar-refractivity contribution is 6.00. The van der Waals surface area contributed by atoms with E-state index in [0.717, 1.165) is 0 Å². The third-order valence-corrected chi connectivity index (χ3v) is 2.21. The van der Waals surface area contributed by atoms with Crippen molar-refractivity contribution in [2.24, 2.45) is 0 Å². The maximum atomic E-state index is 11.8. The standard InChI is InChI=1S/C12H14N2O3/c1-2-5-10(12(16)17)14-11(15)8-6-3-4-7-9(8)13/h2-4,6-7,10H,1,5,13H2,(H,14,15)(H,16,17). The highest BCUT2D eigenvalue weighted by atomic mass is 16.4. The molecule has 0 spiro atoms. The van der Waals surface area contributed by atoms with Gasteiger partial charge in [-0.15, -0.1) is 6.58 Å². The number of carbonyl (C=O) groups excluding carboxylic acids is 1. The zero-order valence-electron chi connectivity index (χ0n) is 9.22. The van der Waals surface area contributed by atoms with Gasteiger partial charge in [0.1, 0.15) is 6.04 Å². The van der Waals surface area contributed by atoms with Crippen molar-refractivity contribution in [3.63, 3.8) is 0 Å². The minimum Gasteiger partial charge on any atom is -0.480 e. The van der Waals surface area contributed by atoms with Gasteiger partial charge in [0.15, 0.2) is 0 Å². The molecule has 0 bridgehead atoms. The predicted molar refractivity (Wildman–Crippen MR) is 64.6 cm³/mol. The van der Waals surface area contributed by atoms with Crippen molar-refractivity contribution in [2.75, 3.05) is 5.73 Å². The van der Waals surface area contributed by atoms with E-state index in [-0.39, 0.29) is 12.0 Å². The van der Waals surface area contributed by atoms with E-state index in [1.165, 1.54) is 12.1 Å². The van der Waals surface area contributed by atoms with Crippen LogP contribution < -0.4 is 11.1 Å². The molecule has 4 N–H and O–H groups in total. The Labute approximate surface area is 98.9 Å². The molecule has 0 aliphatic carbocycles. The van der Waals surface area contributed by atoms with E-state index in [4.69, 9.17) is 10.8 Å². The number of hydrogen-bond donors (Lipinski definition) is 3. The number of carboxylic acid groups (broad SMARTS) is 1. The van der Waals surface area contributed by atoms with Crippen LogP contribution in [0.25, 0.3) is 0 Å². The van der Waals surface area contributed by atoms with Crippen LogP contribution in [-0.2, 0) is 4.79 Å². The summed E-state index contributed by atoms with van der Waals surface area (Å²) >= 11 is 0. The molecule has 1 aromatic rings. The van der Waals surface area contributed by atoms with Crippen LogP contribution in [0.1, 0.15) is 16.8 Å². The first-order valence-electron chi connectivity index (χ1n) is 5.05. The van der Waals surface area contributed by atoms with Gasteiger partial charge in [-0.25, -0.2) is 4.79 Å². The molecule has 0 radical (unpaired) electrons. The molecule has 90 valence electrons. The maximum Gasteiger partial charge on any atom is 0.326 e. The van der Waals surface area contributed by atoms with Gasteiger partial charge in [-0.3, -0.25) is 4.79 Å². The monoisotopic (exact) mass is 234 g/mol. The second-order valence-corrected chi connectivity index (χ2v) is 3.48. The van der Waals surface area contributed by atoms with Crippen LogP contribution in [0.4, 0.5) is 5.69 Å². The fourth-order valence-electron chi connectivity index (χ4n) is 1.33. The molecular weight excluding hydrogens is 220 g/mol. The molecule has 5 nitrogen and oxygen atoms in total. The van der Waals surface area contributed by atoms with Crippen molar-refractivity contribution < 1.29 is 14.7 Å². The van der Waals surface area contributed by atoms with E-state index in [2.05, 4.69) is 11.9 Å². The fourth-order valence-corrected chi connectivity index (χ4v) is 1.33. The number of carboxylic acids is 1. The van der Waals surface area contributed by atoms with Crippen LogP contribution in [0, 0.1) is 0 Å². The van der Waals surface area contributed by atoms with Crippen molar-refractivity contribution in [1.82, 2.24) is 5.32 Å². The first-order valence-corrected chi connectivity index (χ1v) is 5.05. The number of aliphatic carboxylic acids is 1. The Bertz CT molecular complexity index is 443. The molecule has 0 aliphatic heterocycles. The highest BCUT2D eigenvalue weighted by Gasteiger charge is 2.19. The number of rotatable bonds is 5. The Balaban J connectivity index is 2.81. The predicted octanol–water partition coefficient (Wildman–Crippen LogP) is 1.03. The van der Waals surface area contributed by atoms with Gasteiger partial charge in [-0.05, 0) is 18.6 Å². The van der Waals surface area contributed by atoms with Gasteiger partial charge < -0.3 is 16.2 Å². The summed E-state index contributed by atoms with van der Waals surface area (Å²) in [5.74, 6) is -1.61. The highest BCUT2D eigenvalue weighted by Crippen LogP contribution is 2.10. The second kappa shape index (κ2) is 5.69. The molecule has 0 saturated carbocycles. The van der Waals surface area contributed by atoms with Crippen molar-refractivity contribution in [3.8, 4) is 0 Å². The number of benzene rings is 1. The number of hydrogen-bond acceptors (Lipinski definition) is 3. The topological polar surface area (TPSA) is 92.4 Å². The lowest BCUT2D eigenvalue weighted by Crippen LogP contribution is -2.40. The summed E-state index contributed by atoms with van der Waals surface area (Å²) in [5.41, 5.74) is 6.20. The van der Waals surface area contributed by atoms with E-state index in [0.29, 0.717) is 5.69 Å². The second-order valence-electron chi connectivity index (χ2n) is 3.48. The minimum atomic E-state index is -1.10. The first kappa shape index (κ1) is 12.8. The number of para-hydroxylation sites is 1. The zero-order chi connectivity index (χ0) is 12.8. The Hall–Kier alpha value is -2.30. The lowest BCUT2D eigenvalue weighted by Gasteiger charge is -2.13. The number of anilines is 1. The van der Waals surface area contributed by atoms with E-state index in [9.17, 15) is 9.59 Å². The Morgan fingerprint density at radius 1 is 1.47 bits per heavy atom. The molecule has 1 amide bonds. The molecule has 5 heteroatoms. The van der Waals surface area contributed by atoms with Gasteiger partial charge in [0.05, 0.1) is 5.56 Å². The third-order valence-electron chi connectivity index (χ3n) is 2.21. The molecule has 1 unspecified atom stereocenters. The summed E-state index contributed by atoms with van der Waals surface area (Å²) in [6.07, 6.45) is 1.60. The van der Waals surface area contributed by atoms with Gasteiger partial charge in [-0.1, -0.05) is 18.2 Å². The van der Waals surface area contributed by atoms with Gasteiger partial charge in [0, 0.05) is 5.69 Å². The van der Waals surface area contributed by atoms with E-state index < -0.39 is 17.9 Å². The summed E-state index contributed by atoms with van der Waals surface area (Å²) in [4.78, 5) is 22.6. The molecule has 0 saturated heterocycles. The van der Waals surface area contributed by atoms with Crippen LogP contribution in [0.5, 0.6) is 0 Å². The molecule has 0 heterocycles. The summed E-state index contributed by atoms with van der Waals surface area (Å²) in [7, 11) is 0. The number of carbonyl (C=O) groups is 2. The SMILES string of the molecule is C=CCC(NC(=O)c1ccccc1N)C(=O)O. The fraction of sp³-hybridized carbons (Fsp3) is 0.167. The molecule has 0 aliphatic rings. The molecule has 0 fully saturated rings. The maximum absolute atomic E-state index is 11.8. The zero-order valence-corrected chi connectivity index (χ0v) is 9.22. The number of amides is 1. The normalized spacial score (nSPS) is 11.5. The van der Waals surface area contributed by atoms with Gasteiger partial charge in [-0.2, -0.15) is 0 Å². The average molecular weight is 234 g/mol. The number of nitrogen functional groups attached to an aromatic ring is 1. The lowest BCUT2D eigenvalue weighted by atomic mass is 10.1. The largest absolute Gasteiger partial charge is 0.480 e. The van der Waals surface area contributed by atoms with Crippen LogP contribution in [0.15, 0.2) is 36.9 Å². The van der Waals surface area contributed by atoms with Crippen molar-refractivity contribution in [1.29, 1.82) is 0 Å². The van der Waals surface area contributed by atoms with E-state index in [1.807, 2.05) is 0 Å². The Morgan fingerprint density at radius 3 is 2.65 bits per heavy atom. The van der Waals surface area contributed by atoms with Crippen LogP contribution >= 0.6 is 0 Å². The molecule has 1 aromatic carbocycles. The molecular formula is C12H14N2O3. The lowest BCUT2D eigenvalue weighted by molar-refractivity contribution is -0.139. The van der Waals surface area contributed by atoms with Gasteiger partial charge in [0.25, 0.3) is 5.91 Å². The number of nitrogens with two attached hydrogens (primary N) is 1. The van der Waals surface area contributed by atoms with Crippen molar-refractivity contribution in [3.05, 3.63) is 42.5 Å². The van der Waals surface area contributed by atoms with Gasteiger partial charge in [0.2, 0.25) is 0 Å². The third kappa shape index (κ3) is 3.34. The molecule has 1 atom stereocenters. The summed E-state index contributed by atoms with van der Waals surface area (Å²) in [6, 6.07) is 5.49. The molecule has 0 aromatic heterocycles. The van der Waals surface area contributed by atoms with Crippen LogP contribution in [0.3, 0.4) is 0 Å². The Kier molecular flexibility index (Phi) is 4.28.